The molecule has 3 rings (SSSR count). The second-order valence-electron chi connectivity index (χ2n) is 5.99. The molecular weight excluding hydrogens is 317 g/mol. The molecule has 0 radical (unpaired) electrons. The molecule has 1 atom stereocenters. The van der Waals surface area contributed by atoms with E-state index >= 15 is 0 Å². The number of amides is 1. The Morgan fingerprint density at radius 3 is 2.29 bits per heavy atom. The molecule has 0 bridgehead atoms. The highest BCUT2D eigenvalue weighted by atomic mass is 19.4. The molecule has 0 fully saturated rings. The van der Waals surface area contributed by atoms with Gasteiger partial charge in [-0.1, -0.05) is 36.4 Å². The molecule has 0 saturated heterocycles. The van der Waals surface area contributed by atoms with Gasteiger partial charge in [0.2, 0.25) is 5.91 Å². The Kier molecular flexibility index (Phi) is 4.32. The first-order valence-corrected chi connectivity index (χ1v) is 7.61. The first-order valence-electron chi connectivity index (χ1n) is 7.61. The zero-order valence-electron chi connectivity index (χ0n) is 12.9. The summed E-state index contributed by atoms with van der Waals surface area (Å²) in [5.74, 6) is -0.420. The van der Waals surface area contributed by atoms with Crippen LogP contribution in [0.25, 0.3) is 0 Å². The summed E-state index contributed by atoms with van der Waals surface area (Å²) in [7, 11) is 0. The average Bonchev–Trinajstić information content (AvgIpc) is 2.53. The number of fused-ring (bicyclic) bond motifs is 1. The van der Waals surface area contributed by atoms with Crippen LogP contribution in [-0.4, -0.2) is 16.8 Å². The number of alkyl halides is 3. The number of carbonyl (C=O) groups excluding carboxylic acids is 1. The molecule has 0 aromatic heterocycles. The van der Waals surface area contributed by atoms with Gasteiger partial charge in [0.1, 0.15) is 0 Å². The fourth-order valence-electron chi connectivity index (χ4n) is 3.06. The number of primary amides is 1. The summed E-state index contributed by atoms with van der Waals surface area (Å²) in [5, 5.41) is 0. The lowest BCUT2D eigenvalue weighted by atomic mass is 9.93. The lowest BCUT2D eigenvalue weighted by molar-refractivity contribution is -0.137. The van der Waals surface area contributed by atoms with Gasteiger partial charge in [0.25, 0.3) is 0 Å². The van der Waals surface area contributed by atoms with Gasteiger partial charge in [0, 0.05) is 13.1 Å². The number of halogens is 3. The van der Waals surface area contributed by atoms with Crippen LogP contribution in [0.5, 0.6) is 0 Å². The van der Waals surface area contributed by atoms with E-state index in [4.69, 9.17) is 5.73 Å². The first kappa shape index (κ1) is 16.5. The van der Waals surface area contributed by atoms with Crippen LogP contribution in [0.3, 0.4) is 0 Å². The number of nitrogens with two attached hydrogens (primary N) is 1. The van der Waals surface area contributed by atoms with Gasteiger partial charge in [-0.25, -0.2) is 0 Å². The average molecular weight is 334 g/mol. The summed E-state index contributed by atoms with van der Waals surface area (Å²) < 4.78 is 37.9. The molecule has 2 aromatic rings. The third-order valence-corrected chi connectivity index (χ3v) is 4.34. The van der Waals surface area contributed by atoms with Crippen molar-refractivity contribution in [1.82, 2.24) is 4.90 Å². The predicted molar refractivity (Wildman–Crippen MR) is 83.8 cm³/mol. The second kappa shape index (κ2) is 6.28. The molecule has 126 valence electrons. The maximum absolute atomic E-state index is 12.6. The summed E-state index contributed by atoms with van der Waals surface area (Å²) in [6, 6.07) is 12.4. The maximum atomic E-state index is 12.6. The van der Waals surface area contributed by atoms with Gasteiger partial charge in [-0.15, -0.1) is 0 Å². The van der Waals surface area contributed by atoms with Crippen molar-refractivity contribution in [2.24, 2.45) is 5.73 Å². The van der Waals surface area contributed by atoms with Crippen LogP contribution in [0.2, 0.25) is 0 Å². The molecule has 2 aromatic carbocycles. The molecule has 24 heavy (non-hydrogen) atoms. The fraction of sp³-hybridized carbons (Fsp3) is 0.278. The van der Waals surface area contributed by atoms with Crippen LogP contribution in [0.1, 0.15) is 22.3 Å². The third-order valence-electron chi connectivity index (χ3n) is 4.34. The molecule has 2 N–H and O–H groups in total. The molecule has 0 unspecified atom stereocenters. The van der Waals surface area contributed by atoms with Crippen molar-refractivity contribution in [3.63, 3.8) is 0 Å². The van der Waals surface area contributed by atoms with E-state index in [1.807, 2.05) is 29.2 Å². The Morgan fingerprint density at radius 1 is 1.08 bits per heavy atom. The Hall–Kier alpha value is -2.34. The molecule has 0 saturated carbocycles. The summed E-state index contributed by atoms with van der Waals surface area (Å²) >= 11 is 0. The number of hydrogen-bond acceptors (Lipinski definition) is 2. The van der Waals surface area contributed by atoms with Gasteiger partial charge in [-0.05, 0) is 35.2 Å². The highest BCUT2D eigenvalue weighted by molar-refractivity contribution is 5.80. The van der Waals surface area contributed by atoms with Crippen LogP contribution in [0.4, 0.5) is 13.2 Å². The monoisotopic (exact) mass is 334 g/mol. The van der Waals surface area contributed by atoms with E-state index in [2.05, 4.69) is 0 Å². The second-order valence-corrected chi connectivity index (χ2v) is 5.99. The van der Waals surface area contributed by atoms with Crippen molar-refractivity contribution in [2.75, 3.05) is 0 Å². The first-order chi connectivity index (χ1) is 11.3. The van der Waals surface area contributed by atoms with Crippen LogP contribution in [0.15, 0.2) is 48.5 Å². The molecule has 0 aliphatic carbocycles. The molecule has 3 nitrogen and oxygen atoms in total. The van der Waals surface area contributed by atoms with Gasteiger partial charge in [0.05, 0.1) is 11.6 Å². The Labute approximate surface area is 137 Å². The van der Waals surface area contributed by atoms with Crippen molar-refractivity contribution in [3.8, 4) is 0 Å². The van der Waals surface area contributed by atoms with Gasteiger partial charge in [-0.3, -0.25) is 9.69 Å². The van der Waals surface area contributed by atoms with Crippen molar-refractivity contribution < 1.29 is 18.0 Å². The molecule has 1 aliphatic rings. The van der Waals surface area contributed by atoms with Crippen LogP contribution >= 0.6 is 0 Å². The van der Waals surface area contributed by atoms with Crippen LogP contribution < -0.4 is 5.73 Å². The number of carbonyl (C=O) groups is 1. The highest BCUT2D eigenvalue weighted by Gasteiger charge is 2.31. The topological polar surface area (TPSA) is 46.3 Å². The van der Waals surface area contributed by atoms with E-state index < -0.39 is 23.7 Å². The smallest absolute Gasteiger partial charge is 0.368 e. The molecule has 1 heterocycles. The van der Waals surface area contributed by atoms with E-state index in [-0.39, 0.29) is 0 Å². The summed E-state index contributed by atoms with van der Waals surface area (Å²) in [4.78, 5) is 13.7. The number of rotatable bonds is 3. The Bertz CT molecular complexity index is 741. The molecule has 1 aliphatic heterocycles. The minimum absolute atomic E-state index is 0.375. The van der Waals surface area contributed by atoms with Gasteiger partial charge in [0.15, 0.2) is 0 Å². The van der Waals surface area contributed by atoms with Crippen LogP contribution in [-0.2, 0) is 30.5 Å². The van der Waals surface area contributed by atoms with E-state index in [1.54, 1.807) is 0 Å². The number of nitrogens with zero attached hydrogens (tertiary/aromatic N) is 1. The van der Waals surface area contributed by atoms with Gasteiger partial charge in [-0.2, -0.15) is 13.2 Å². The Balaban J connectivity index is 1.81. The van der Waals surface area contributed by atoms with Gasteiger partial charge >= 0.3 is 6.18 Å². The zero-order valence-corrected chi connectivity index (χ0v) is 12.9. The largest absolute Gasteiger partial charge is 0.416 e. The standard InChI is InChI=1S/C18H17F3N2O/c19-18(20,21)15-7-5-12(6-8-15)10-23-11-14-4-2-1-3-13(14)9-16(23)17(22)24/h1-8,16H,9-11H2,(H2,22,24)/t16-/m0/s1. The molecule has 6 heteroatoms. The highest BCUT2D eigenvalue weighted by Crippen LogP contribution is 2.30. The van der Waals surface area contributed by atoms with E-state index in [0.29, 0.717) is 25.1 Å². The molecule has 1 amide bonds. The molecular formula is C18H17F3N2O. The van der Waals surface area contributed by atoms with E-state index in [0.717, 1.165) is 23.3 Å². The quantitative estimate of drug-likeness (QED) is 0.937. The third kappa shape index (κ3) is 3.43. The maximum Gasteiger partial charge on any atom is 0.416 e. The fourth-order valence-corrected chi connectivity index (χ4v) is 3.06. The summed E-state index contributed by atoms with van der Waals surface area (Å²) in [5.41, 5.74) is 7.76. The minimum atomic E-state index is -4.35. The van der Waals surface area contributed by atoms with E-state index in [1.165, 1.54) is 12.1 Å². The SMILES string of the molecule is NC(=O)[C@@H]1Cc2ccccc2CN1Cc1ccc(C(F)(F)F)cc1. The molecule has 0 spiro atoms. The van der Waals surface area contributed by atoms with Gasteiger partial charge < -0.3 is 5.73 Å². The lowest BCUT2D eigenvalue weighted by Crippen LogP contribution is -2.48. The summed E-state index contributed by atoms with van der Waals surface area (Å²) in [6.07, 6.45) is -3.83. The number of hydrogen-bond donors (Lipinski definition) is 1. The predicted octanol–water partition coefficient (Wildman–Crippen LogP) is 3.12. The number of benzene rings is 2. The van der Waals surface area contributed by atoms with Crippen LogP contribution in [0, 0.1) is 0 Å². The van der Waals surface area contributed by atoms with Crippen molar-refractivity contribution in [1.29, 1.82) is 0 Å². The lowest BCUT2D eigenvalue weighted by Gasteiger charge is -2.35. The zero-order chi connectivity index (χ0) is 17.3. The Morgan fingerprint density at radius 2 is 1.71 bits per heavy atom. The summed E-state index contributed by atoms with van der Waals surface area (Å²) in [6.45, 7) is 0.922. The van der Waals surface area contributed by atoms with Crippen molar-refractivity contribution >= 4 is 5.91 Å². The van der Waals surface area contributed by atoms with E-state index in [9.17, 15) is 18.0 Å². The minimum Gasteiger partial charge on any atom is -0.368 e. The van der Waals surface area contributed by atoms with Crippen molar-refractivity contribution in [3.05, 3.63) is 70.8 Å². The normalized spacial score (nSPS) is 18.2. The van der Waals surface area contributed by atoms with Crippen molar-refractivity contribution in [2.45, 2.75) is 31.7 Å².